The number of hydrogen-bond acceptors (Lipinski definition) is 1. The maximum Gasteiger partial charge on any atom is 0.171 e. The monoisotopic (exact) mass is 300 g/mol. The van der Waals surface area contributed by atoms with Crippen LogP contribution in [0.4, 0.5) is 8.78 Å². The molecule has 90 valence electrons. The highest BCUT2D eigenvalue weighted by Crippen LogP contribution is 2.55. The summed E-state index contributed by atoms with van der Waals surface area (Å²) in [5, 5.41) is 0. The molecule has 0 radical (unpaired) electrons. The smallest absolute Gasteiger partial charge is 0.171 e. The minimum absolute atomic E-state index is 0.144. The Morgan fingerprint density at radius 1 is 1.18 bits per heavy atom. The molecule has 1 nitrogen and oxygen atoms in total. The van der Waals surface area contributed by atoms with Crippen molar-refractivity contribution in [2.24, 2.45) is 17.8 Å². The van der Waals surface area contributed by atoms with E-state index in [1.807, 2.05) is 0 Å². The van der Waals surface area contributed by atoms with Gasteiger partial charge in [-0.3, -0.25) is 4.79 Å². The molecule has 4 heteroatoms. The van der Waals surface area contributed by atoms with Gasteiger partial charge in [-0.2, -0.15) is 0 Å². The quantitative estimate of drug-likeness (QED) is 0.597. The van der Waals surface area contributed by atoms with Crippen LogP contribution in [-0.2, 0) is 0 Å². The number of halogens is 3. The first-order valence-electron chi connectivity index (χ1n) is 5.75. The number of hydrogen-bond donors (Lipinski definition) is 0. The Morgan fingerprint density at radius 2 is 1.82 bits per heavy atom. The van der Waals surface area contributed by atoms with Crippen molar-refractivity contribution >= 4 is 21.7 Å². The molecule has 2 saturated carbocycles. The average molecular weight is 301 g/mol. The normalized spacial score (nSPS) is 30.2. The maximum absolute atomic E-state index is 13.8. The van der Waals surface area contributed by atoms with Gasteiger partial charge in [-0.25, -0.2) is 8.78 Å². The van der Waals surface area contributed by atoms with E-state index in [1.165, 1.54) is 12.5 Å². The Morgan fingerprint density at radius 3 is 2.47 bits per heavy atom. The number of Topliss-reactive ketones (excluding diaryl/α,β-unsaturated/α-hetero) is 1. The Balaban J connectivity index is 1.93. The molecule has 0 aromatic heterocycles. The Bertz CT molecular complexity index is 490. The number of ketones is 1. The third-order valence-electron chi connectivity index (χ3n) is 3.90. The zero-order valence-corrected chi connectivity index (χ0v) is 10.6. The lowest BCUT2D eigenvalue weighted by molar-refractivity contribution is 0.0905. The van der Waals surface area contributed by atoms with Gasteiger partial charge >= 0.3 is 0 Å². The zero-order valence-electron chi connectivity index (χ0n) is 9.05. The first kappa shape index (κ1) is 11.3. The molecule has 2 atom stereocenters. The van der Waals surface area contributed by atoms with Gasteiger partial charge in [0.1, 0.15) is 5.82 Å². The Labute approximate surface area is 106 Å². The van der Waals surface area contributed by atoms with Crippen molar-refractivity contribution in [2.45, 2.75) is 19.3 Å². The van der Waals surface area contributed by atoms with Crippen molar-refractivity contribution in [3.05, 3.63) is 33.8 Å². The van der Waals surface area contributed by atoms with E-state index in [4.69, 9.17) is 0 Å². The van der Waals surface area contributed by atoms with E-state index in [2.05, 4.69) is 15.9 Å². The van der Waals surface area contributed by atoms with Crippen molar-refractivity contribution < 1.29 is 13.6 Å². The van der Waals surface area contributed by atoms with E-state index >= 15 is 0 Å². The average Bonchev–Trinajstić information content (AvgIpc) is 2.91. The lowest BCUT2D eigenvalue weighted by Crippen LogP contribution is -2.16. The van der Waals surface area contributed by atoms with Crippen LogP contribution in [-0.4, -0.2) is 5.78 Å². The molecule has 0 spiro atoms. The van der Waals surface area contributed by atoms with Gasteiger partial charge in [0.25, 0.3) is 0 Å². The molecule has 2 aliphatic rings. The van der Waals surface area contributed by atoms with Crippen LogP contribution < -0.4 is 0 Å². The van der Waals surface area contributed by atoms with Gasteiger partial charge < -0.3 is 0 Å². The number of rotatable bonds is 2. The highest BCUT2D eigenvalue weighted by molar-refractivity contribution is 9.10. The summed E-state index contributed by atoms with van der Waals surface area (Å²) in [5.74, 6) is -0.818. The van der Waals surface area contributed by atoms with Crippen LogP contribution in [0.3, 0.4) is 0 Å². The minimum Gasteiger partial charge on any atom is -0.294 e. The highest BCUT2D eigenvalue weighted by atomic mass is 79.9. The molecule has 2 fully saturated rings. The van der Waals surface area contributed by atoms with Crippen molar-refractivity contribution in [3.63, 3.8) is 0 Å². The van der Waals surface area contributed by atoms with E-state index in [0.717, 1.165) is 18.9 Å². The second-order valence-corrected chi connectivity index (χ2v) is 5.86. The molecule has 3 rings (SSSR count). The van der Waals surface area contributed by atoms with E-state index in [1.54, 1.807) is 0 Å². The van der Waals surface area contributed by atoms with E-state index in [0.29, 0.717) is 11.8 Å². The lowest BCUT2D eigenvalue weighted by Gasteiger charge is -2.12. The first-order valence-corrected chi connectivity index (χ1v) is 6.55. The molecule has 0 N–H and O–H groups in total. The SMILES string of the molecule is O=C(c1c(F)ccc(Br)c1F)C1CC2CC2C1. The fourth-order valence-electron chi connectivity index (χ4n) is 2.89. The van der Waals surface area contributed by atoms with Gasteiger partial charge in [0.15, 0.2) is 11.6 Å². The summed E-state index contributed by atoms with van der Waals surface area (Å²) < 4.78 is 27.5. The van der Waals surface area contributed by atoms with Crippen molar-refractivity contribution in [3.8, 4) is 0 Å². The highest BCUT2D eigenvalue weighted by Gasteiger charge is 2.48. The van der Waals surface area contributed by atoms with Crippen LogP contribution in [0.25, 0.3) is 0 Å². The van der Waals surface area contributed by atoms with Gasteiger partial charge in [0, 0.05) is 5.92 Å². The number of carbonyl (C=O) groups excluding carboxylic acids is 1. The minimum atomic E-state index is -0.768. The summed E-state index contributed by atoms with van der Waals surface area (Å²) in [5.41, 5.74) is -0.370. The molecular formula is C13H11BrF2O. The topological polar surface area (TPSA) is 17.1 Å². The predicted molar refractivity (Wildman–Crippen MR) is 62.7 cm³/mol. The standard InChI is InChI=1S/C13H11BrF2O/c14-9-1-2-10(15)11(12(9)16)13(17)8-4-6-3-7(6)5-8/h1-2,6-8H,3-5H2. The number of fused-ring (bicyclic) bond motifs is 1. The maximum atomic E-state index is 13.8. The summed E-state index contributed by atoms with van der Waals surface area (Å²) >= 11 is 2.98. The second kappa shape index (κ2) is 3.87. The number of benzene rings is 1. The predicted octanol–water partition coefficient (Wildman–Crippen LogP) is 3.96. The molecule has 0 heterocycles. The summed E-state index contributed by atoms with van der Waals surface area (Å²) in [6.45, 7) is 0. The third-order valence-corrected chi connectivity index (χ3v) is 4.52. The van der Waals surface area contributed by atoms with Gasteiger partial charge in [-0.05, 0) is 59.2 Å². The summed E-state index contributed by atoms with van der Waals surface area (Å²) in [4.78, 5) is 12.1. The van der Waals surface area contributed by atoms with Crippen LogP contribution in [0.5, 0.6) is 0 Å². The molecular weight excluding hydrogens is 290 g/mol. The van der Waals surface area contributed by atoms with Crippen LogP contribution in [0.2, 0.25) is 0 Å². The molecule has 0 saturated heterocycles. The van der Waals surface area contributed by atoms with E-state index in [9.17, 15) is 13.6 Å². The second-order valence-electron chi connectivity index (χ2n) is 5.01. The molecule has 1 aromatic rings. The van der Waals surface area contributed by atoms with Gasteiger partial charge in [-0.1, -0.05) is 0 Å². The molecule has 0 bridgehead atoms. The molecule has 0 aliphatic heterocycles. The van der Waals surface area contributed by atoms with Crippen LogP contribution in [0.1, 0.15) is 29.6 Å². The van der Waals surface area contributed by atoms with Crippen molar-refractivity contribution in [2.75, 3.05) is 0 Å². The molecule has 17 heavy (non-hydrogen) atoms. The van der Waals surface area contributed by atoms with Gasteiger partial charge in [-0.15, -0.1) is 0 Å². The molecule has 1 aromatic carbocycles. The summed E-state index contributed by atoms with van der Waals surface area (Å²) in [6.07, 6.45) is 2.79. The zero-order chi connectivity index (χ0) is 12.2. The van der Waals surface area contributed by atoms with E-state index < -0.39 is 11.6 Å². The van der Waals surface area contributed by atoms with Gasteiger partial charge in [0.2, 0.25) is 0 Å². The first-order chi connectivity index (χ1) is 8.08. The summed E-state index contributed by atoms with van der Waals surface area (Å²) in [7, 11) is 0. The van der Waals surface area contributed by atoms with Crippen LogP contribution in [0, 0.1) is 29.4 Å². The number of carbonyl (C=O) groups is 1. The fraction of sp³-hybridized carbons (Fsp3) is 0.462. The molecule has 2 aliphatic carbocycles. The third kappa shape index (κ3) is 1.82. The molecule has 2 unspecified atom stereocenters. The largest absolute Gasteiger partial charge is 0.294 e. The van der Waals surface area contributed by atoms with E-state index in [-0.39, 0.29) is 21.7 Å². The fourth-order valence-corrected chi connectivity index (χ4v) is 3.22. The van der Waals surface area contributed by atoms with Crippen molar-refractivity contribution in [1.82, 2.24) is 0 Å². The summed E-state index contributed by atoms with van der Waals surface area (Å²) in [6, 6.07) is 2.42. The van der Waals surface area contributed by atoms with Gasteiger partial charge in [0.05, 0.1) is 10.0 Å². The Kier molecular flexibility index (Phi) is 2.58. The molecule has 0 amide bonds. The van der Waals surface area contributed by atoms with Crippen LogP contribution >= 0.6 is 15.9 Å². The van der Waals surface area contributed by atoms with Crippen molar-refractivity contribution in [1.29, 1.82) is 0 Å². The van der Waals surface area contributed by atoms with Crippen LogP contribution in [0.15, 0.2) is 16.6 Å². The Hall–Kier alpha value is -0.770. The lowest BCUT2D eigenvalue weighted by atomic mass is 9.93.